The average Bonchev–Trinajstić information content (AvgIpc) is 2.86. The predicted molar refractivity (Wildman–Crippen MR) is 90.2 cm³/mol. The SMILES string of the molecule is CCCN1CC(NC(=O)Nc2ccc(C(=O)OC)c(Cl)c2)CC1=O. The van der Waals surface area contributed by atoms with Crippen molar-refractivity contribution in [3.8, 4) is 0 Å². The largest absolute Gasteiger partial charge is 0.465 e. The molecule has 1 saturated heterocycles. The van der Waals surface area contributed by atoms with Crippen LogP contribution in [0.1, 0.15) is 30.1 Å². The Morgan fingerprint density at radius 1 is 1.42 bits per heavy atom. The summed E-state index contributed by atoms with van der Waals surface area (Å²) < 4.78 is 4.61. The first-order chi connectivity index (χ1) is 11.4. The van der Waals surface area contributed by atoms with Crippen LogP contribution in [0.3, 0.4) is 0 Å². The molecular weight excluding hydrogens is 334 g/mol. The van der Waals surface area contributed by atoms with E-state index in [2.05, 4.69) is 15.4 Å². The van der Waals surface area contributed by atoms with E-state index < -0.39 is 12.0 Å². The van der Waals surface area contributed by atoms with Gasteiger partial charge < -0.3 is 20.3 Å². The maximum atomic E-state index is 12.0. The Balaban J connectivity index is 1.92. The van der Waals surface area contributed by atoms with E-state index in [-0.39, 0.29) is 22.5 Å². The van der Waals surface area contributed by atoms with Crippen LogP contribution in [0.4, 0.5) is 10.5 Å². The second kappa shape index (κ2) is 8.01. The van der Waals surface area contributed by atoms with E-state index in [1.165, 1.54) is 19.2 Å². The predicted octanol–water partition coefficient (Wildman–Crippen LogP) is 2.26. The number of nitrogens with zero attached hydrogens (tertiary/aromatic N) is 1. The summed E-state index contributed by atoms with van der Waals surface area (Å²) in [4.78, 5) is 37.0. The molecule has 1 heterocycles. The van der Waals surface area contributed by atoms with E-state index in [9.17, 15) is 14.4 Å². The molecule has 130 valence electrons. The van der Waals surface area contributed by atoms with Crippen LogP contribution in [-0.4, -0.2) is 49.0 Å². The average molecular weight is 354 g/mol. The summed E-state index contributed by atoms with van der Waals surface area (Å²) in [6.07, 6.45) is 1.19. The molecule has 8 heteroatoms. The number of hydrogen-bond donors (Lipinski definition) is 2. The number of benzene rings is 1. The molecule has 2 N–H and O–H groups in total. The highest BCUT2D eigenvalue weighted by atomic mass is 35.5. The number of nitrogens with one attached hydrogen (secondary N) is 2. The van der Waals surface area contributed by atoms with Gasteiger partial charge in [0.05, 0.1) is 23.7 Å². The summed E-state index contributed by atoms with van der Waals surface area (Å²) in [5.74, 6) is -0.496. The molecule has 0 aromatic heterocycles. The van der Waals surface area contributed by atoms with Crippen LogP contribution < -0.4 is 10.6 Å². The second-order valence-corrected chi connectivity index (χ2v) is 5.93. The Morgan fingerprint density at radius 2 is 2.17 bits per heavy atom. The number of carbonyl (C=O) groups excluding carboxylic acids is 3. The Bertz CT molecular complexity index is 650. The fourth-order valence-corrected chi connectivity index (χ4v) is 2.83. The highest BCUT2D eigenvalue weighted by molar-refractivity contribution is 6.33. The Hall–Kier alpha value is -2.28. The number of ether oxygens (including phenoxy) is 1. The second-order valence-electron chi connectivity index (χ2n) is 5.53. The molecule has 1 aliphatic rings. The standard InChI is InChI=1S/C16H20ClN3O4/c1-3-6-20-9-11(8-14(20)21)19-16(23)18-10-4-5-12(13(17)7-10)15(22)24-2/h4-5,7,11H,3,6,8-9H2,1-2H3,(H2,18,19,23). The normalized spacial score (nSPS) is 16.9. The van der Waals surface area contributed by atoms with Crippen molar-refractivity contribution >= 4 is 35.2 Å². The smallest absolute Gasteiger partial charge is 0.339 e. The molecule has 1 aliphatic heterocycles. The van der Waals surface area contributed by atoms with Gasteiger partial charge in [0.25, 0.3) is 0 Å². The lowest BCUT2D eigenvalue weighted by atomic mass is 10.2. The van der Waals surface area contributed by atoms with Gasteiger partial charge in [0.15, 0.2) is 0 Å². The molecule has 1 aromatic carbocycles. The van der Waals surface area contributed by atoms with E-state index in [1.54, 1.807) is 11.0 Å². The topological polar surface area (TPSA) is 87.7 Å². The fraction of sp³-hybridized carbons (Fsp3) is 0.438. The lowest BCUT2D eigenvalue weighted by molar-refractivity contribution is -0.127. The number of amides is 3. The molecule has 0 saturated carbocycles. The fourth-order valence-electron chi connectivity index (χ4n) is 2.58. The first-order valence-electron chi connectivity index (χ1n) is 7.67. The van der Waals surface area contributed by atoms with Crippen LogP contribution in [0.25, 0.3) is 0 Å². The van der Waals surface area contributed by atoms with Crippen LogP contribution in [0.5, 0.6) is 0 Å². The Kier molecular flexibility index (Phi) is 6.03. The van der Waals surface area contributed by atoms with E-state index in [0.29, 0.717) is 25.2 Å². The van der Waals surface area contributed by atoms with Gasteiger partial charge in [-0.3, -0.25) is 4.79 Å². The molecule has 1 unspecified atom stereocenters. The van der Waals surface area contributed by atoms with Crippen molar-refractivity contribution in [3.63, 3.8) is 0 Å². The van der Waals surface area contributed by atoms with Crippen molar-refractivity contribution in [1.29, 1.82) is 0 Å². The van der Waals surface area contributed by atoms with Gasteiger partial charge in [-0.15, -0.1) is 0 Å². The molecule has 0 bridgehead atoms. The quantitative estimate of drug-likeness (QED) is 0.795. The summed E-state index contributed by atoms with van der Waals surface area (Å²) >= 11 is 6.01. The first-order valence-corrected chi connectivity index (χ1v) is 8.05. The van der Waals surface area contributed by atoms with Crippen molar-refractivity contribution in [3.05, 3.63) is 28.8 Å². The summed E-state index contributed by atoms with van der Waals surface area (Å²) in [6, 6.07) is 3.87. The van der Waals surface area contributed by atoms with E-state index in [1.807, 2.05) is 6.92 Å². The Morgan fingerprint density at radius 3 is 2.79 bits per heavy atom. The summed E-state index contributed by atoms with van der Waals surface area (Å²) in [6.45, 7) is 3.22. The number of methoxy groups -OCH3 is 1. The molecular formula is C16H20ClN3O4. The maximum absolute atomic E-state index is 12.0. The number of hydrogen-bond acceptors (Lipinski definition) is 4. The van der Waals surface area contributed by atoms with Gasteiger partial charge in [0.1, 0.15) is 0 Å². The van der Waals surface area contributed by atoms with Crippen LogP contribution in [-0.2, 0) is 9.53 Å². The Labute approximate surface area is 145 Å². The molecule has 7 nitrogen and oxygen atoms in total. The zero-order chi connectivity index (χ0) is 17.7. The van der Waals surface area contributed by atoms with Crippen LogP contribution in [0, 0.1) is 0 Å². The van der Waals surface area contributed by atoms with Gasteiger partial charge in [-0.2, -0.15) is 0 Å². The van der Waals surface area contributed by atoms with Crippen molar-refractivity contribution < 1.29 is 19.1 Å². The van der Waals surface area contributed by atoms with Gasteiger partial charge in [0, 0.05) is 25.2 Å². The number of carbonyl (C=O) groups is 3. The van der Waals surface area contributed by atoms with Gasteiger partial charge in [-0.25, -0.2) is 9.59 Å². The van der Waals surface area contributed by atoms with Crippen LogP contribution >= 0.6 is 11.6 Å². The first kappa shape index (κ1) is 18.1. The molecule has 1 fully saturated rings. The molecule has 0 aliphatic carbocycles. The van der Waals surface area contributed by atoms with Gasteiger partial charge in [-0.05, 0) is 24.6 Å². The van der Waals surface area contributed by atoms with E-state index >= 15 is 0 Å². The minimum absolute atomic E-state index is 0.0487. The monoisotopic (exact) mass is 353 g/mol. The number of urea groups is 1. The van der Waals surface area contributed by atoms with Gasteiger partial charge in [-0.1, -0.05) is 18.5 Å². The summed E-state index contributed by atoms with van der Waals surface area (Å²) in [5.41, 5.74) is 0.668. The number of anilines is 1. The molecule has 3 amide bonds. The highest BCUT2D eigenvalue weighted by Gasteiger charge is 2.29. The number of halogens is 1. The van der Waals surface area contributed by atoms with Crippen molar-refractivity contribution in [1.82, 2.24) is 10.2 Å². The minimum atomic E-state index is -0.545. The van der Waals surface area contributed by atoms with Crippen molar-refractivity contribution in [2.24, 2.45) is 0 Å². The zero-order valence-corrected chi connectivity index (χ0v) is 14.4. The van der Waals surface area contributed by atoms with Gasteiger partial charge in [0.2, 0.25) is 5.91 Å². The van der Waals surface area contributed by atoms with Gasteiger partial charge >= 0.3 is 12.0 Å². The molecule has 24 heavy (non-hydrogen) atoms. The number of esters is 1. The lowest BCUT2D eigenvalue weighted by Gasteiger charge is -2.16. The number of likely N-dealkylation sites (tertiary alicyclic amines) is 1. The third-order valence-electron chi connectivity index (χ3n) is 3.68. The third kappa shape index (κ3) is 4.38. The van der Waals surface area contributed by atoms with Crippen LogP contribution in [0.15, 0.2) is 18.2 Å². The third-order valence-corrected chi connectivity index (χ3v) is 3.99. The van der Waals surface area contributed by atoms with E-state index in [4.69, 9.17) is 11.6 Å². The highest BCUT2D eigenvalue weighted by Crippen LogP contribution is 2.21. The number of rotatable bonds is 5. The van der Waals surface area contributed by atoms with Crippen LogP contribution in [0.2, 0.25) is 5.02 Å². The minimum Gasteiger partial charge on any atom is -0.465 e. The lowest BCUT2D eigenvalue weighted by Crippen LogP contribution is -2.39. The molecule has 0 radical (unpaired) electrons. The zero-order valence-electron chi connectivity index (χ0n) is 13.6. The maximum Gasteiger partial charge on any atom is 0.339 e. The van der Waals surface area contributed by atoms with Crippen molar-refractivity contribution in [2.45, 2.75) is 25.8 Å². The molecule has 2 rings (SSSR count). The molecule has 1 aromatic rings. The summed E-state index contributed by atoms with van der Waals surface area (Å²) in [5, 5.41) is 5.59. The molecule has 0 spiro atoms. The molecule has 1 atom stereocenters. The van der Waals surface area contributed by atoms with E-state index in [0.717, 1.165) is 6.42 Å². The van der Waals surface area contributed by atoms with Crippen molar-refractivity contribution in [2.75, 3.05) is 25.5 Å². The summed E-state index contributed by atoms with van der Waals surface area (Å²) in [7, 11) is 1.27.